The minimum Gasteiger partial charge on any atom is -0.347 e. The molecule has 0 N–H and O–H groups in total. The lowest BCUT2D eigenvalue weighted by Gasteiger charge is -2.25. The van der Waals surface area contributed by atoms with Gasteiger partial charge in [0, 0.05) is 20.6 Å². The maximum Gasteiger partial charge on any atom is 0.416 e. The van der Waals surface area contributed by atoms with Gasteiger partial charge in [0.2, 0.25) is 5.91 Å². The minimum atomic E-state index is -4.51. The number of amides is 1. The van der Waals surface area contributed by atoms with E-state index in [-0.39, 0.29) is 23.4 Å². The monoisotopic (exact) mass is 323 g/mol. The molecular formula is C13H17ClF3N3O. The topological polar surface area (TPSA) is 36.4 Å². The first-order valence-electron chi connectivity index (χ1n) is 6.35. The maximum atomic E-state index is 12.8. The number of nitrogens with zero attached hydrogens (tertiary/aromatic N) is 3. The highest BCUT2D eigenvalue weighted by atomic mass is 35.5. The molecule has 0 fully saturated rings. The Morgan fingerprint density at radius 2 is 1.95 bits per heavy atom. The van der Waals surface area contributed by atoms with Crippen LogP contribution in [-0.2, 0) is 11.0 Å². The Morgan fingerprint density at radius 1 is 1.33 bits per heavy atom. The minimum absolute atomic E-state index is 0.0480. The summed E-state index contributed by atoms with van der Waals surface area (Å²) in [7, 11) is 3.16. The van der Waals surface area contributed by atoms with Crippen LogP contribution in [0.2, 0.25) is 5.15 Å². The van der Waals surface area contributed by atoms with Gasteiger partial charge in [-0.15, -0.1) is 0 Å². The van der Waals surface area contributed by atoms with Crippen molar-refractivity contribution in [2.24, 2.45) is 0 Å². The van der Waals surface area contributed by atoms with Crippen LogP contribution in [-0.4, -0.2) is 43.0 Å². The summed E-state index contributed by atoms with van der Waals surface area (Å²) in [6.07, 6.45) is -3.85. The molecule has 0 aliphatic rings. The molecule has 1 aromatic heterocycles. The van der Waals surface area contributed by atoms with Crippen molar-refractivity contribution in [3.63, 3.8) is 0 Å². The summed E-state index contributed by atoms with van der Waals surface area (Å²) in [6.45, 7) is 2.22. The molecule has 0 atom stereocenters. The van der Waals surface area contributed by atoms with Gasteiger partial charge < -0.3 is 9.80 Å². The van der Waals surface area contributed by atoms with Crippen LogP contribution < -0.4 is 4.90 Å². The number of likely N-dealkylation sites (N-methyl/N-ethyl adjacent to an activating group) is 1. The second kappa shape index (κ2) is 6.98. The van der Waals surface area contributed by atoms with Crippen molar-refractivity contribution < 1.29 is 18.0 Å². The zero-order valence-electron chi connectivity index (χ0n) is 12.0. The number of halogens is 4. The Balaban J connectivity index is 3.13. The van der Waals surface area contributed by atoms with E-state index < -0.39 is 11.7 Å². The van der Waals surface area contributed by atoms with E-state index in [1.807, 2.05) is 6.92 Å². The van der Waals surface area contributed by atoms with Crippen LogP contribution in [0.4, 0.5) is 19.0 Å². The first-order valence-corrected chi connectivity index (χ1v) is 6.72. The first-order chi connectivity index (χ1) is 9.65. The largest absolute Gasteiger partial charge is 0.416 e. The lowest BCUT2D eigenvalue weighted by Crippen LogP contribution is -2.37. The molecule has 0 radical (unpaired) electrons. The number of anilines is 1. The van der Waals surface area contributed by atoms with Gasteiger partial charge in [-0.2, -0.15) is 13.2 Å². The number of pyridine rings is 1. The normalized spacial score (nSPS) is 11.4. The van der Waals surface area contributed by atoms with Gasteiger partial charge in [0.1, 0.15) is 11.0 Å². The summed E-state index contributed by atoms with van der Waals surface area (Å²) >= 11 is 5.67. The third-order valence-corrected chi connectivity index (χ3v) is 2.94. The van der Waals surface area contributed by atoms with E-state index in [2.05, 4.69) is 4.98 Å². The predicted octanol–water partition coefficient (Wildman–Crippen LogP) is 3.06. The molecule has 0 spiro atoms. The number of carbonyl (C=O) groups excluding carboxylic acids is 1. The van der Waals surface area contributed by atoms with Crippen LogP contribution in [0.1, 0.15) is 18.9 Å². The second-order valence-corrected chi connectivity index (χ2v) is 5.13. The van der Waals surface area contributed by atoms with Crippen molar-refractivity contribution in [2.45, 2.75) is 19.5 Å². The van der Waals surface area contributed by atoms with Crippen molar-refractivity contribution in [3.05, 3.63) is 22.8 Å². The third-order valence-electron chi connectivity index (χ3n) is 2.75. The fourth-order valence-electron chi connectivity index (χ4n) is 1.66. The van der Waals surface area contributed by atoms with E-state index in [0.29, 0.717) is 13.0 Å². The molecule has 0 saturated heterocycles. The van der Waals surface area contributed by atoms with Crippen molar-refractivity contribution in [3.8, 4) is 0 Å². The zero-order valence-corrected chi connectivity index (χ0v) is 12.8. The van der Waals surface area contributed by atoms with Gasteiger partial charge in [0.15, 0.2) is 0 Å². The summed E-state index contributed by atoms with van der Waals surface area (Å²) in [4.78, 5) is 18.5. The molecule has 118 valence electrons. The second-order valence-electron chi connectivity index (χ2n) is 4.74. The Morgan fingerprint density at radius 3 is 2.43 bits per heavy atom. The van der Waals surface area contributed by atoms with Gasteiger partial charge in [-0.25, -0.2) is 4.98 Å². The number of aromatic nitrogens is 1. The summed E-state index contributed by atoms with van der Waals surface area (Å²) in [5, 5.41) is -0.252. The molecule has 0 bridgehead atoms. The molecule has 21 heavy (non-hydrogen) atoms. The zero-order chi connectivity index (χ0) is 16.2. The Hall–Kier alpha value is -1.50. The summed E-state index contributed by atoms with van der Waals surface area (Å²) in [5.74, 6) is -0.175. The standard InChI is InChI=1S/C13H17ClF3N3O/c1-4-5-20(8-12(21)19(2)3)11-7-9(13(15,16)17)6-10(14)18-11/h6-7H,4-5,8H2,1-3H3. The molecule has 1 heterocycles. The van der Waals surface area contributed by atoms with Gasteiger partial charge in [-0.1, -0.05) is 18.5 Å². The summed E-state index contributed by atoms with van der Waals surface area (Å²) in [5.41, 5.74) is -0.879. The molecule has 0 aromatic carbocycles. The fraction of sp³-hybridized carbons (Fsp3) is 0.538. The van der Waals surface area contributed by atoms with Crippen molar-refractivity contribution in [1.29, 1.82) is 0 Å². The predicted molar refractivity (Wildman–Crippen MR) is 75.4 cm³/mol. The van der Waals surface area contributed by atoms with Gasteiger partial charge in [0.05, 0.1) is 12.1 Å². The fourth-order valence-corrected chi connectivity index (χ4v) is 1.86. The third kappa shape index (κ3) is 5.08. The number of hydrogen-bond donors (Lipinski definition) is 0. The Labute approximate surface area is 126 Å². The molecule has 1 rings (SSSR count). The average molecular weight is 324 g/mol. The van der Waals surface area contributed by atoms with E-state index in [9.17, 15) is 18.0 Å². The van der Waals surface area contributed by atoms with E-state index >= 15 is 0 Å². The molecular weight excluding hydrogens is 307 g/mol. The maximum absolute atomic E-state index is 12.8. The molecule has 0 aliphatic heterocycles. The van der Waals surface area contributed by atoms with Crippen LogP contribution >= 0.6 is 11.6 Å². The van der Waals surface area contributed by atoms with Crippen LogP contribution in [0.15, 0.2) is 12.1 Å². The Kier molecular flexibility index (Phi) is 5.83. The van der Waals surface area contributed by atoms with Crippen molar-refractivity contribution >= 4 is 23.3 Å². The number of alkyl halides is 3. The average Bonchev–Trinajstić information content (AvgIpc) is 2.36. The van der Waals surface area contributed by atoms with E-state index in [4.69, 9.17) is 11.6 Å². The lowest BCUT2D eigenvalue weighted by molar-refractivity contribution is -0.137. The van der Waals surface area contributed by atoms with Crippen molar-refractivity contribution in [1.82, 2.24) is 9.88 Å². The highest BCUT2D eigenvalue weighted by Crippen LogP contribution is 2.32. The molecule has 1 amide bonds. The number of rotatable bonds is 5. The molecule has 0 aliphatic carbocycles. The van der Waals surface area contributed by atoms with Gasteiger partial charge in [-0.05, 0) is 18.6 Å². The lowest BCUT2D eigenvalue weighted by atomic mass is 10.2. The van der Waals surface area contributed by atoms with Crippen LogP contribution in [0.5, 0.6) is 0 Å². The summed E-state index contributed by atoms with van der Waals surface area (Å²) < 4.78 is 38.4. The van der Waals surface area contributed by atoms with E-state index in [1.165, 1.54) is 9.80 Å². The molecule has 0 saturated carbocycles. The molecule has 8 heteroatoms. The summed E-state index contributed by atoms with van der Waals surface area (Å²) in [6, 6.07) is 1.67. The van der Waals surface area contributed by atoms with Gasteiger partial charge >= 0.3 is 6.18 Å². The highest BCUT2D eigenvalue weighted by molar-refractivity contribution is 6.29. The number of carbonyl (C=O) groups is 1. The quantitative estimate of drug-likeness (QED) is 0.781. The Bertz CT molecular complexity index is 506. The van der Waals surface area contributed by atoms with Gasteiger partial charge in [-0.3, -0.25) is 4.79 Å². The smallest absolute Gasteiger partial charge is 0.347 e. The molecule has 4 nitrogen and oxygen atoms in total. The van der Waals surface area contributed by atoms with Crippen LogP contribution in [0, 0.1) is 0 Å². The number of hydrogen-bond acceptors (Lipinski definition) is 3. The first kappa shape index (κ1) is 17.6. The van der Waals surface area contributed by atoms with E-state index in [1.54, 1.807) is 14.1 Å². The van der Waals surface area contributed by atoms with E-state index in [0.717, 1.165) is 12.1 Å². The SMILES string of the molecule is CCCN(CC(=O)N(C)C)c1cc(C(F)(F)F)cc(Cl)n1. The van der Waals surface area contributed by atoms with Crippen molar-refractivity contribution in [2.75, 3.05) is 32.1 Å². The van der Waals surface area contributed by atoms with Crippen LogP contribution in [0.3, 0.4) is 0 Å². The van der Waals surface area contributed by atoms with Crippen LogP contribution in [0.25, 0.3) is 0 Å². The molecule has 0 unspecified atom stereocenters. The highest BCUT2D eigenvalue weighted by Gasteiger charge is 2.32. The molecule has 1 aromatic rings. The van der Waals surface area contributed by atoms with Gasteiger partial charge in [0.25, 0.3) is 0 Å².